The number of rotatable bonds is 2. The van der Waals surface area contributed by atoms with Crippen molar-refractivity contribution in [3.05, 3.63) is 45.4 Å². The van der Waals surface area contributed by atoms with E-state index in [0.29, 0.717) is 0 Å². The first-order valence-electron chi connectivity index (χ1n) is 7.44. The minimum Gasteiger partial charge on any atom is -0.248 e. The first-order valence-corrected chi connectivity index (χ1v) is 9.89. The summed E-state index contributed by atoms with van der Waals surface area (Å²) in [4.78, 5) is 17.4. The summed E-state index contributed by atoms with van der Waals surface area (Å²) in [6.45, 7) is 8.35. The first-order chi connectivity index (χ1) is 11.0. The van der Waals surface area contributed by atoms with Gasteiger partial charge in [-0.2, -0.15) is 0 Å². The van der Waals surface area contributed by atoms with Gasteiger partial charge in [0.15, 0.2) is 0 Å². The summed E-state index contributed by atoms with van der Waals surface area (Å²) in [5, 5.41) is 0. The van der Waals surface area contributed by atoms with Crippen LogP contribution in [0.15, 0.2) is 24.3 Å². The lowest BCUT2D eigenvalue weighted by molar-refractivity contribution is 1.10. The molecule has 4 aromatic rings. The Balaban J connectivity index is 1.87. The van der Waals surface area contributed by atoms with Gasteiger partial charge in [0.1, 0.15) is 11.0 Å². The molecule has 0 spiro atoms. The highest BCUT2D eigenvalue weighted by atomic mass is 32.1. The molecule has 0 aromatic carbocycles. The molecule has 2 nitrogen and oxygen atoms in total. The number of hydrogen-bond acceptors (Lipinski definition) is 5. The van der Waals surface area contributed by atoms with Gasteiger partial charge in [-0.1, -0.05) is 0 Å². The van der Waals surface area contributed by atoms with E-state index in [-0.39, 0.29) is 0 Å². The SMILES string of the molecule is Cc1ccc(-c2ccc(-c3sc(C)c4nc(C)c(C)nc34)s2)s1. The minimum atomic E-state index is 1.02. The molecule has 0 bridgehead atoms. The van der Waals surface area contributed by atoms with Crippen molar-refractivity contribution >= 4 is 45.0 Å². The predicted molar refractivity (Wildman–Crippen MR) is 103 cm³/mol. The summed E-state index contributed by atoms with van der Waals surface area (Å²) < 4.78 is 0. The molecule has 23 heavy (non-hydrogen) atoms. The number of thiophene rings is 3. The molecule has 116 valence electrons. The van der Waals surface area contributed by atoms with Crippen LogP contribution >= 0.6 is 34.0 Å². The predicted octanol–water partition coefficient (Wildman–Crippen LogP) is 6.38. The van der Waals surface area contributed by atoms with Crippen LogP contribution in [0.4, 0.5) is 0 Å². The molecule has 0 unspecified atom stereocenters. The van der Waals surface area contributed by atoms with Gasteiger partial charge in [0.05, 0.1) is 16.3 Å². The highest BCUT2D eigenvalue weighted by molar-refractivity contribution is 7.27. The largest absolute Gasteiger partial charge is 0.248 e. The normalized spacial score (nSPS) is 11.5. The van der Waals surface area contributed by atoms with Crippen LogP contribution in [0.1, 0.15) is 21.1 Å². The molecule has 0 N–H and O–H groups in total. The molecule has 0 radical (unpaired) electrons. The summed E-state index contributed by atoms with van der Waals surface area (Å²) in [5.74, 6) is 0. The number of nitrogens with zero attached hydrogens (tertiary/aromatic N) is 2. The summed E-state index contributed by atoms with van der Waals surface area (Å²) in [7, 11) is 0. The van der Waals surface area contributed by atoms with Crippen LogP contribution in [0.25, 0.3) is 30.5 Å². The third-order valence-electron chi connectivity index (χ3n) is 3.92. The van der Waals surface area contributed by atoms with E-state index in [9.17, 15) is 0 Å². The van der Waals surface area contributed by atoms with Crippen LogP contribution in [-0.2, 0) is 0 Å². The molecule has 4 heterocycles. The quantitative estimate of drug-likeness (QED) is 0.416. The zero-order valence-corrected chi connectivity index (χ0v) is 15.9. The Hall–Kier alpha value is -1.56. The van der Waals surface area contributed by atoms with E-state index in [4.69, 9.17) is 9.97 Å². The molecular weight excluding hydrogens is 340 g/mol. The second-order valence-corrected chi connectivity index (χ2v) is 9.25. The lowest BCUT2D eigenvalue weighted by atomic mass is 10.2. The number of aromatic nitrogens is 2. The van der Waals surface area contributed by atoms with Crippen LogP contribution in [-0.4, -0.2) is 9.97 Å². The Bertz CT molecular complexity index is 1020. The number of aryl methyl sites for hydroxylation is 4. The van der Waals surface area contributed by atoms with Crippen molar-refractivity contribution in [1.82, 2.24) is 9.97 Å². The Morgan fingerprint density at radius 2 is 1.26 bits per heavy atom. The van der Waals surface area contributed by atoms with Gasteiger partial charge >= 0.3 is 0 Å². The Kier molecular flexibility index (Phi) is 3.59. The summed E-state index contributed by atoms with van der Waals surface area (Å²) in [5.41, 5.74) is 4.13. The third kappa shape index (κ3) is 2.53. The van der Waals surface area contributed by atoms with Crippen molar-refractivity contribution in [2.45, 2.75) is 27.7 Å². The highest BCUT2D eigenvalue weighted by Gasteiger charge is 2.16. The van der Waals surface area contributed by atoms with Gasteiger partial charge in [-0.05, 0) is 52.0 Å². The molecule has 0 fully saturated rings. The standard InChI is InChI=1S/C18H16N2S3/c1-9-5-6-13(21-9)14-7-8-15(23-14)18-17-16(12(4)22-18)19-10(2)11(3)20-17/h5-8H,1-4H3. The van der Waals surface area contributed by atoms with Crippen LogP contribution in [0, 0.1) is 27.7 Å². The fourth-order valence-electron chi connectivity index (χ4n) is 2.58. The summed E-state index contributed by atoms with van der Waals surface area (Å²) in [6, 6.07) is 8.83. The van der Waals surface area contributed by atoms with Gasteiger partial charge in [0.25, 0.3) is 0 Å². The highest BCUT2D eigenvalue weighted by Crippen LogP contribution is 2.43. The summed E-state index contributed by atoms with van der Waals surface area (Å²) >= 11 is 5.49. The molecule has 0 aliphatic carbocycles. The molecule has 0 atom stereocenters. The Labute approximate surface area is 147 Å². The fourth-order valence-corrected chi connectivity index (χ4v) is 5.69. The summed E-state index contributed by atoms with van der Waals surface area (Å²) in [6.07, 6.45) is 0. The molecular formula is C18H16N2S3. The van der Waals surface area contributed by atoms with Gasteiger partial charge in [0.2, 0.25) is 0 Å². The lowest BCUT2D eigenvalue weighted by Crippen LogP contribution is -1.92. The van der Waals surface area contributed by atoms with Crippen LogP contribution in [0.2, 0.25) is 0 Å². The average Bonchev–Trinajstić information content (AvgIpc) is 3.21. The second-order valence-electron chi connectivity index (χ2n) is 5.65. The van der Waals surface area contributed by atoms with Crippen LogP contribution < -0.4 is 0 Å². The van der Waals surface area contributed by atoms with E-state index in [1.54, 1.807) is 11.3 Å². The second kappa shape index (κ2) is 5.51. The van der Waals surface area contributed by atoms with Gasteiger partial charge in [-0.15, -0.1) is 34.0 Å². The maximum atomic E-state index is 4.82. The number of hydrogen-bond donors (Lipinski definition) is 0. The maximum Gasteiger partial charge on any atom is 0.109 e. The van der Waals surface area contributed by atoms with Crippen molar-refractivity contribution in [3.63, 3.8) is 0 Å². The molecule has 0 saturated carbocycles. The molecule has 5 heteroatoms. The Morgan fingerprint density at radius 1 is 0.652 bits per heavy atom. The molecule has 0 aliphatic heterocycles. The van der Waals surface area contributed by atoms with Gasteiger partial charge < -0.3 is 0 Å². The van der Waals surface area contributed by atoms with E-state index in [1.807, 2.05) is 36.5 Å². The minimum absolute atomic E-state index is 1.02. The third-order valence-corrected chi connectivity index (χ3v) is 7.47. The fraction of sp³-hybridized carbons (Fsp3) is 0.222. The molecule has 0 aliphatic rings. The van der Waals surface area contributed by atoms with E-state index >= 15 is 0 Å². The van der Waals surface area contributed by atoms with Gasteiger partial charge in [-0.25, -0.2) is 9.97 Å². The van der Waals surface area contributed by atoms with Crippen molar-refractivity contribution in [2.75, 3.05) is 0 Å². The first kappa shape index (κ1) is 15.0. The van der Waals surface area contributed by atoms with E-state index < -0.39 is 0 Å². The van der Waals surface area contributed by atoms with Gasteiger partial charge in [0, 0.05) is 24.4 Å². The zero-order valence-electron chi connectivity index (χ0n) is 13.4. The van der Waals surface area contributed by atoms with Crippen molar-refractivity contribution in [3.8, 4) is 19.5 Å². The molecule has 0 saturated heterocycles. The molecule has 0 amide bonds. The molecule has 4 rings (SSSR count). The van der Waals surface area contributed by atoms with Crippen LogP contribution in [0.5, 0.6) is 0 Å². The smallest absolute Gasteiger partial charge is 0.109 e. The van der Waals surface area contributed by atoms with Crippen molar-refractivity contribution in [1.29, 1.82) is 0 Å². The van der Waals surface area contributed by atoms with Gasteiger partial charge in [-0.3, -0.25) is 0 Å². The topological polar surface area (TPSA) is 25.8 Å². The number of fused-ring (bicyclic) bond motifs is 1. The van der Waals surface area contributed by atoms with Crippen LogP contribution in [0.3, 0.4) is 0 Å². The maximum absolute atomic E-state index is 4.82. The lowest BCUT2D eigenvalue weighted by Gasteiger charge is -2.00. The monoisotopic (exact) mass is 356 g/mol. The Morgan fingerprint density at radius 3 is 1.96 bits per heavy atom. The average molecular weight is 357 g/mol. The van der Waals surface area contributed by atoms with E-state index in [1.165, 1.54) is 29.3 Å². The van der Waals surface area contributed by atoms with E-state index in [0.717, 1.165) is 22.4 Å². The zero-order chi connectivity index (χ0) is 16.1. The van der Waals surface area contributed by atoms with Crippen molar-refractivity contribution < 1.29 is 0 Å². The van der Waals surface area contributed by atoms with Crippen molar-refractivity contribution in [2.24, 2.45) is 0 Å². The molecule has 4 aromatic heterocycles. The van der Waals surface area contributed by atoms with E-state index in [2.05, 4.69) is 38.1 Å².